The number of rotatable bonds is 2. The highest BCUT2D eigenvalue weighted by Crippen LogP contribution is 2.28. The number of amides is 3. The summed E-state index contributed by atoms with van der Waals surface area (Å²) in [4.78, 5) is 24.9. The number of hydrogen-bond donors (Lipinski definition) is 1. The van der Waals surface area contributed by atoms with Crippen LogP contribution < -0.4 is 5.32 Å². The topological polar surface area (TPSA) is 82.4 Å². The van der Waals surface area contributed by atoms with Gasteiger partial charge in [0.1, 0.15) is 10.9 Å². The summed E-state index contributed by atoms with van der Waals surface area (Å²) in [6, 6.07) is 1.32. The normalized spacial score (nSPS) is 24.6. The number of alkyl halides is 1. The van der Waals surface area contributed by atoms with E-state index in [1.165, 1.54) is 0 Å². The molecule has 17 heavy (non-hydrogen) atoms. The summed E-state index contributed by atoms with van der Waals surface area (Å²) in [6.45, 7) is 0.816. The quantitative estimate of drug-likeness (QED) is 0.567. The Hall–Kier alpha value is -1.32. The Morgan fingerprint density at radius 2 is 2.18 bits per heavy atom. The molecule has 7 heteroatoms. The predicted molar refractivity (Wildman–Crippen MR) is 58.3 cm³/mol. The Kier molecular flexibility index (Phi) is 3.22. The zero-order valence-electron chi connectivity index (χ0n) is 9.11. The highest BCUT2D eigenvalue weighted by atomic mass is 35.5. The van der Waals surface area contributed by atoms with E-state index in [0.717, 1.165) is 4.90 Å². The second kappa shape index (κ2) is 4.51. The third-order valence-electron chi connectivity index (χ3n) is 3.08. The zero-order chi connectivity index (χ0) is 12.5. The number of ether oxygens (including phenoxy) is 1. The smallest absolute Gasteiger partial charge is 0.325 e. The Morgan fingerprint density at radius 1 is 1.53 bits per heavy atom. The molecule has 0 aromatic heterocycles. The lowest BCUT2D eigenvalue weighted by Crippen LogP contribution is -2.51. The van der Waals surface area contributed by atoms with Gasteiger partial charge in [0.2, 0.25) is 0 Å². The van der Waals surface area contributed by atoms with Gasteiger partial charge in [0.25, 0.3) is 5.91 Å². The molecule has 6 nitrogen and oxygen atoms in total. The Morgan fingerprint density at radius 3 is 2.76 bits per heavy atom. The Balaban J connectivity index is 2.13. The SMILES string of the molecule is N#CC(Cl)CN1C(=O)NC2(CCOCC2)C1=O. The number of urea groups is 1. The van der Waals surface area contributed by atoms with Gasteiger partial charge in [0.15, 0.2) is 0 Å². The number of carbonyl (C=O) groups excluding carboxylic acids is 2. The minimum absolute atomic E-state index is 0.0780. The van der Waals surface area contributed by atoms with E-state index in [0.29, 0.717) is 26.1 Å². The average molecular weight is 258 g/mol. The highest BCUT2D eigenvalue weighted by Gasteiger charge is 2.51. The van der Waals surface area contributed by atoms with Gasteiger partial charge in [-0.05, 0) is 0 Å². The van der Waals surface area contributed by atoms with Gasteiger partial charge in [-0.25, -0.2) is 4.79 Å². The number of imide groups is 1. The molecule has 1 N–H and O–H groups in total. The molecular formula is C10H12ClN3O3. The molecule has 0 saturated carbocycles. The second-order valence-electron chi connectivity index (χ2n) is 4.14. The molecule has 3 amide bonds. The van der Waals surface area contributed by atoms with E-state index in [4.69, 9.17) is 21.6 Å². The van der Waals surface area contributed by atoms with Crippen LogP contribution in [-0.4, -0.2) is 47.5 Å². The van der Waals surface area contributed by atoms with Crippen LogP contribution in [0, 0.1) is 11.3 Å². The summed E-state index contributed by atoms with van der Waals surface area (Å²) in [5, 5.41) is 10.4. The number of nitriles is 1. The van der Waals surface area contributed by atoms with Gasteiger partial charge in [-0.3, -0.25) is 9.69 Å². The molecule has 2 heterocycles. The fourth-order valence-electron chi connectivity index (χ4n) is 2.10. The van der Waals surface area contributed by atoms with E-state index in [-0.39, 0.29) is 12.5 Å². The van der Waals surface area contributed by atoms with Gasteiger partial charge in [-0.15, -0.1) is 11.6 Å². The van der Waals surface area contributed by atoms with E-state index >= 15 is 0 Å². The molecule has 92 valence electrons. The van der Waals surface area contributed by atoms with Crippen LogP contribution in [-0.2, 0) is 9.53 Å². The molecule has 0 aromatic rings. The van der Waals surface area contributed by atoms with Crippen LogP contribution in [0.5, 0.6) is 0 Å². The summed E-state index contributed by atoms with van der Waals surface area (Å²) >= 11 is 5.64. The number of halogens is 1. The van der Waals surface area contributed by atoms with E-state index in [1.54, 1.807) is 6.07 Å². The first-order valence-corrected chi connectivity index (χ1v) is 5.78. The first-order chi connectivity index (χ1) is 8.09. The van der Waals surface area contributed by atoms with Gasteiger partial charge in [-0.2, -0.15) is 5.26 Å². The van der Waals surface area contributed by atoms with E-state index in [9.17, 15) is 9.59 Å². The fraction of sp³-hybridized carbons (Fsp3) is 0.700. The van der Waals surface area contributed by atoms with Crippen LogP contribution in [0.1, 0.15) is 12.8 Å². The van der Waals surface area contributed by atoms with Crippen molar-refractivity contribution < 1.29 is 14.3 Å². The van der Waals surface area contributed by atoms with E-state index < -0.39 is 16.9 Å². The van der Waals surface area contributed by atoms with Crippen LogP contribution in [0.2, 0.25) is 0 Å². The van der Waals surface area contributed by atoms with Crippen LogP contribution in [0.3, 0.4) is 0 Å². The Bertz CT molecular complexity index is 387. The molecule has 0 bridgehead atoms. The molecule has 0 aromatic carbocycles. The van der Waals surface area contributed by atoms with Crippen molar-refractivity contribution in [2.45, 2.75) is 23.8 Å². The van der Waals surface area contributed by atoms with Crippen molar-refractivity contribution in [2.24, 2.45) is 0 Å². The monoisotopic (exact) mass is 257 g/mol. The van der Waals surface area contributed by atoms with Gasteiger partial charge in [0, 0.05) is 26.1 Å². The summed E-state index contributed by atoms with van der Waals surface area (Å²) in [7, 11) is 0. The second-order valence-corrected chi connectivity index (χ2v) is 4.66. The van der Waals surface area contributed by atoms with Crippen molar-refractivity contribution >= 4 is 23.5 Å². The summed E-state index contributed by atoms with van der Waals surface area (Å²) in [6.07, 6.45) is 0.932. The molecule has 1 spiro atoms. The van der Waals surface area contributed by atoms with Gasteiger partial charge in [-0.1, -0.05) is 0 Å². The predicted octanol–water partition coefficient (Wildman–Crippen LogP) is 0.218. The van der Waals surface area contributed by atoms with Gasteiger partial charge >= 0.3 is 6.03 Å². The lowest BCUT2D eigenvalue weighted by atomic mass is 9.90. The maximum atomic E-state index is 12.2. The molecule has 2 fully saturated rings. The largest absolute Gasteiger partial charge is 0.381 e. The van der Waals surface area contributed by atoms with E-state index in [2.05, 4.69) is 5.32 Å². The van der Waals surface area contributed by atoms with Gasteiger partial charge < -0.3 is 10.1 Å². The van der Waals surface area contributed by atoms with E-state index in [1.807, 2.05) is 0 Å². The summed E-state index contributed by atoms with van der Waals surface area (Å²) in [5.41, 5.74) is -0.846. The van der Waals surface area contributed by atoms with Gasteiger partial charge in [0.05, 0.1) is 12.6 Å². The van der Waals surface area contributed by atoms with Crippen molar-refractivity contribution in [2.75, 3.05) is 19.8 Å². The first kappa shape index (κ1) is 12.1. The minimum Gasteiger partial charge on any atom is -0.381 e. The number of nitrogens with one attached hydrogen (secondary N) is 1. The molecule has 1 unspecified atom stereocenters. The van der Waals surface area contributed by atoms with Crippen LogP contribution in [0.4, 0.5) is 4.79 Å². The lowest BCUT2D eigenvalue weighted by Gasteiger charge is -2.30. The standard InChI is InChI=1S/C10H12ClN3O3/c11-7(5-12)6-14-8(15)10(13-9(14)16)1-3-17-4-2-10/h7H,1-4,6H2,(H,13,16). The number of carbonyl (C=O) groups is 2. The molecule has 0 aliphatic carbocycles. The van der Waals surface area contributed by atoms with Crippen molar-refractivity contribution in [3.8, 4) is 6.07 Å². The van der Waals surface area contributed by atoms with Crippen LogP contribution in [0.15, 0.2) is 0 Å². The number of hydrogen-bond acceptors (Lipinski definition) is 4. The van der Waals surface area contributed by atoms with Crippen LogP contribution in [0.25, 0.3) is 0 Å². The molecule has 2 saturated heterocycles. The molecule has 1 atom stereocenters. The number of nitrogens with zero attached hydrogens (tertiary/aromatic N) is 2. The molecular weight excluding hydrogens is 246 g/mol. The lowest BCUT2D eigenvalue weighted by molar-refractivity contribution is -0.134. The first-order valence-electron chi connectivity index (χ1n) is 5.34. The Labute approximate surface area is 103 Å². The van der Waals surface area contributed by atoms with Crippen molar-refractivity contribution in [1.82, 2.24) is 10.2 Å². The summed E-state index contributed by atoms with van der Waals surface area (Å²) < 4.78 is 5.18. The molecule has 2 rings (SSSR count). The van der Waals surface area contributed by atoms with Crippen molar-refractivity contribution in [1.29, 1.82) is 5.26 Å². The molecule has 2 aliphatic rings. The zero-order valence-corrected chi connectivity index (χ0v) is 9.87. The van der Waals surface area contributed by atoms with Crippen molar-refractivity contribution in [3.05, 3.63) is 0 Å². The highest BCUT2D eigenvalue weighted by molar-refractivity contribution is 6.23. The molecule has 0 radical (unpaired) electrons. The summed E-state index contributed by atoms with van der Waals surface area (Å²) in [5.74, 6) is -0.299. The maximum Gasteiger partial charge on any atom is 0.325 e. The maximum absolute atomic E-state index is 12.2. The van der Waals surface area contributed by atoms with Crippen molar-refractivity contribution in [3.63, 3.8) is 0 Å². The third kappa shape index (κ3) is 2.08. The average Bonchev–Trinajstić information content (AvgIpc) is 2.55. The fourth-order valence-corrected chi connectivity index (χ4v) is 2.24. The molecule has 2 aliphatic heterocycles. The minimum atomic E-state index is -0.875. The van der Waals surface area contributed by atoms with Crippen LogP contribution >= 0.6 is 11.6 Å². The third-order valence-corrected chi connectivity index (χ3v) is 3.31.